The molecule has 0 bridgehead atoms. The van der Waals surface area contributed by atoms with Gasteiger partial charge in [-0.2, -0.15) is 0 Å². The minimum absolute atomic E-state index is 0.134. The van der Waals surface area contributed by atoms with E-state index in [-0.39, 0.29) is 5.91 Å². The maximum atomic E-state index is 11.1. The molecular weight excluding hydrogens is 176 g/mol. The first-order valence-corrected chi connectivity index (χ1v) is 4.79. The fourth-order valence-corrected chi connectivity index (χ4v) is 1.92. The van der Waals surface area contributed by atoms with Crippen LogP contribution in [0.3, 0.4) is 0 Å². The molecule has 1 aliphatic heterocycles. The Morgan fingerprint density at radius 3 is 2.79 bits per heavy atom. The van der Waals surface area contributed by atoms with Crippen LogP contribution < -0.4 is 11.1 Å². The van der Waals surface area contributed by atoms with Gasteiger partial charge in [0.05, 0.1) is 0 Å². The van der Waals surface area contributed by atoms with Gasteiger partial charge in [-0.05, 0) is 30.2 Å². The number of nitrogens with one attached hydrogen (secondary N) is 1. The van der Waals surface area contributed by atoms with Crippen LogP contribution in [0.1, 0.15) is 23.5 Å². The van der Waals surface area contributed by atoms with Gasteiger partial charge in [-0.3, -0.25) is 4.79 Å². The highest BCUT2D eigenvalue weighted by Crippen LogP contribution is 2.25. The average Bonchev–Trinajstić information content (AvgIpc) is 2.50. The molecule has 1 fully saturated rings. The monoisotopic (exact) mass is 190 g/mol. The van der Waals surface area contributed by atoms with Crippen LogP contribution in [0, 0.1) is 6.92 Å². The second kappa shape index (κ2) is 3.33. The van der Waals surface area contributed by atoms with Crippen LogP contribution in [-0.4, -0.2) is 12.5 Å². The average molecular weight is 190 g/mol. The fourth-order valence-electron chi connectivity index (χ4n) is 1.92. The zero-order valence-electron chi connectivity index (χ0n) is 8.21. The van der Waals surface area contributed by atoms with Gasteiger partial charge in [0.25, 0.3) is 0 Å². The molecular formula is C11H14N2O. The molecule has 1 amide bonds. The summed E-state index contributed by atoms with van der Waals surface area (Å²) in [7, 11) is 0. The van der Waals surface area contributed by atoms with Crippen molar-refractivity contribution in [3.05, 3.63) is 29.3 Å². The highest BCUT2D eigenvalue weighted by atomic mass is 16.1. The molecule has 2 rings (SSSR count). The highest BCUT2D eigenvalue weighted by molar-refractivity contribution is 5.79. The molecule has 1 aromatic carbocycles. The van der Waals surface area contributed by atoms with E-state index in [0.29, 0.717) is 12.3 Å². The summed E-state index contributed by atoms with van der Waals surface area (Å²) in [5.74, 6) is 0.430. The number of carbonyl (C=O) groups excluding carboxylic acids is 1. The van der Waals surface area contributed by atoms with Crippen molar-refractivity contribution in [2.75, 3.05) is 12.3 Å². The number of rotatable bonds is 1. The zero-order valence-corrected chi connectivity index (χ0v) is 8.21. The SMILES string of the molecule is Cc1cc(N)cc(C2CNC(=O)C2)c1. The van der Waals surface area contributed by atoms with Crippen LogP contribution in [0.2, 0.25) is 0 Å². The zero-order chi connectivity index (χ0) is 10.1. The van der Waals surface area contributed by atoms with E-state index in [1.54, 1.807) is 0 Å². The number of hydrogen-bond donors (Lipinski definition) is 2. The molecule has 1 aliphatic rings. The number of amides is 1. The van der Waals surface area contributed by atoms with Gasteiger partial charge in [0.15, 0.2) is 0 Å². The third-order valence-electron chi connectivity index (χ3n) is 2.57. The molecule has 3 heteroatoms. The van der Waals surface area contributed by atoms with Crippen molar-refractivity contribution in [1.29, 1.82) is 0 Å². The Kier molecular flexibility index (Phi) is 2.15. The van der Waals surface area contributed by atoms with Gasteiger partial charge in [0, 0.05) is 24.6 Å². The second-order valence-corrected chi connectivity index (χ2v) is 3.88. The smallest absolute Gasteiger partial charge is 0.220 e. The van der Waals surface area contributed by atoms with Crippen LogP contribution in [0.25, 0.3) is 0 Å². The summed E-state index contributed by atoms with van der Waals surface area (Å²) >= 11 is 0. The summed E-state index contributed by atoms with van der Waals surface area (Å²) in [4.78, 5) is 11.1. The maximum Gasteiger partial charge on any atom is 0.220 e. The van der Waals surface area contributed by atoms with Crippen molar-refractivity contribution in [2.24, 2.45) is 0 Å². The van der Waals surface area contributed by atoms with Crippen LogP contribution in [-0.2, 0) is 4.79 Å². The van der Waals surface area contributed by atoms with E-state index in [4.69, 9.17) is 5.73 Å². The number of anilines is 1. The van der Waals surface area contributed by atoms with Crippen molar-refractivity contribution in [3.63, 3.8) is 0 Å². The first-order chi connectivity index (χ1) is 6.65. The Balaban J connectivity index is 2.27. The van der Waals surface area contributed by atoms with Crippen LogP contribution in [0.5, 0.6) is 0 Å². The molecule has 1 aromatic rings. The molecule has 1 heterocycles. The molecule has 3 nitrogen and oxygen atoms in total. The quantitative estimate of drug-likeness (QED) is 0.653. The van der Waals surface area contributed by atoms with Crippen molar-refractivity contribution in [1.82, 2.24) is 5.32 Å². The first-order valence-electron chi connectivity index (χ1n) is 4.79. The molecule has 1 unspecified atom stereocenters. The van der Waals surface area contributed by atoms with Gasteiger partial charge in [-0.1, -0.05) is 6.07 Å². The summed E-state index contributed by atoms with van der Waals surface area (Å²) in [6.07, 6.45) is 0.586. The molecule has 0 aromatic heterocycles. The lowest BCUT2D eigenvalue weighted by molar-refractivity contribution is -0.119. The largest absolute Gasteiger partial charge is 0.399 e. The summed E-state index contributed by atoms with van der Waals surface area (Å²) in [6, 6.07) is 5.99. The number of hydrogen-bond acceptors (Lipinski definition) is 2. The summed E-state index contributed by atoms with van der Waals surface area (Å²) in [5, 5.41) is 2.83. The lowest BCUT2D eigenvalue weighted by atomic mass is 9.96. The van der Waals surface area contributed by atoms with Crippen molar-refractivity contribution in [2.45, 2.75) is 19.3 Å². The fraction of sp³-hybridized carbons (Fsp3) is 0.364. The first kappa shape index (κ1) is 9.06. The molecule has 0 spiro atoms. The minimum Gasteiger partial charge on any atom is -0.399 e. The summed E-state index contributed by atoms with van der Waals surface area (Å²) < 4.78 is 0. The minimum atomic E-state index is 0.134. The maximum absolute atomic E-state index is 11.1. The van der Waals surface area contributed by atoms with Gasteiger partial charge in [-0.25, -0.2) is 0 Å². The van der Waals surface area contributed by atoms with E-state index in [9.17, 15) is 4.79 Å². The van der Waals surface area contributed by atoms with Gasteiger partial charge in [0.2, 0.25) is 5.91 Å². The molecule has 1 saturated heterocycles. The Labute approximate surface area is 83.3 Å². The second-order valence-electron chi connectivity index (χ2n) is 3.88. The highest BCUT2D eigenvalue weighted by Gasteiger charge is 2.22. The van der Waals surface area contributed by atoms with Gasteiger partial charge < -0.3 is 11.1 Å². The predicted molar refractivity (Wildman–Crippen MR) is 56.0 cm³/mol. The predicted octanol–water partition coefficient (Wildman–Crippen LogP) is 1.18. The molecule has 0 aliphatic carbocycles. The molecule has 14 heavy (non-hydrogen) atoms. The Morgan fingerprint density at radius 2 is 2.21 bits per heavy atom. The molecule has 0 radical (unpaired) electrons. The van der Waals surface area contributed by atoms with E-state index in [2.05, 4.69) is 11.4 Å². The third-order valence-corrected chi connectivity index (χ3v) is 2.57. The Bertz CT molecular complexity index is 353. The van der Waals surface area contributed by atoms with E-state index in [0.717, 1.165) is 17.8 Å². The van der Waals surface area contributed by atoms with Crippen LogP contribution in [0.4, 0.5) is 5.69 Å². The van der Waals surface area contributed by atoms with E-state index in [1.165, 1.54) is 5.56 Å². The number of benzene rings is 1. The number of nitrogens with two attached hydrogens (primary N) is 1. The number of carbonyl (C=O) groups is 1. The third kappa shape index (κ3) is 1.71. The van der Waals surface area contributed by atoms with Crippen LogP contribution in [0.15, 0.2) is 18.2 Å². The molecule has 3 N–H and O–H groups in total. The standard InChI is InChI=1S/C11H14N2O/c1-7-2-8(4-10(12)3-7)9-5-11(14)13-6-9/h2-4,9H,5-6,12H2,1H3,(H,13,14). The normalized spacial score (nSPS) is 20.9. The Hall–Kier alpha value is -1.51. The van der Waals surface area contributed by atoms with Crippen molar-refractivity contribution in [3.8, 4) is 0 Å². The van der Waals surface area contributed by atoms with Gasteiger partial charge in [0.1, 0.15) is 0 Å². The topological polar surface area (TPSA) is 55.1 Å². The Morgan fingerprint density at radius 1 is 1.43 bits per heavy atom. The lowest BCUT2D eigenvalue weighted by Crippen LogP contribution is -2.13. The lowest BCUT2D eigenvalue weighted by Gasteiger charge is -2.09. The van der Waals surface area contributed by atoms with E-state index < -0.39 is 0 Å². The number of nitrogen functional groups attached to an aromatic ring is 1. The summed E-state index contributed by atoms with van der Waals surface area (Å²) in [6.45, 7) is 2.76. The molecule has 74 valence electrons. The van der Waals surface area contributed by atoms with Crippen LogP contribution >= 0.6 is 0 Å². The van der Waals surface area contributed by atoms with Gasteiger partial charge >= 0.3 is 0 Å². The summed E-state index contributed by atoms with van der Waals surface area (Å²) in [5.41, 5.74) is 8.85. The van der Waals surface area contributed by atoms with Crippen molar-refractivity contribution >= 4 is 11.6 Å². The number of aryl methyl sites for hydroxylation is 1. The van der Waals surface area contributed by atoms with Gasteiger partial charge in [-0.15, -0.1) is 0 Å². The molecule has 1 atom stereocenters. The van der Waals surface area contributed by atoms with E-state index >= 15 is 0 Å². The molecule has 0 saturated carbocycles. The van der Waals surface area contributed by atoms with E-state index in [1.807, 2.05) is 19.1 Å². The van der Waals surface area contributed by atoms with Crippen molar-refractivity contribution < 1.29 is 4.79 Å².